The SMILES string of the molecule is CCCCCNC(=O)C[C@@H](c1cccc(F)c1)c1cn(CC)c2ccccc12. The molecule has 1 amide bonds. The molecule has 0 saturated carbocycles. The second-order valence-electron chi connectivity index (χ2n) is 7.26. The Morgan fingerprint density at radius 3 is 2.68 bits per heavy atom. The van der Waals surface area contributed by atoms with E-state index in [9.17, 15) is 9.18 Å². The van der Waals surface area contributed by atoms with E-state index in [0.29, 0.717) is 13.0 Å². The van der Waals surface area contributed by atoms with Crippen LogP contribution in [0.4, 0.5) is 4.39 Å². The van der Waals surface area contributed by atoms with Crippen LogP contribution < -0.4 is 5.32 Å². The van der Waals surface area contributed by atoms with Crippen LogP contribution >= 0.6 is 0 Å². The second kappa shape index (κ2) is 9.54. The topological polar surface area (TPSA) is 34.0 Å². The van der Waals surface area contributed by atoms with Crippen molar-refractivity contribution in [3.8, 4) is 0 Å². The summed E-state index contributed by atoms with van der Waals surface area (Å²) >= 11 is 0. The van der Waals surface area contributed by atoms with Gasteiger partial charge in [0.1, 0.15) is 5.82 Å². The number of hydrogen-bond donors (Lipinski definition) is 1. The van der Waals surface area contributed by atoms with E-state index in [1.165, 1.54) is 6.07 Å². The zero-order valence-corrected chi connectivity index (χ0v) is 16.7. The van der Waals surface area contributed by atoms with Gasteiger partial charge in [0.15, 0.2) is 0 Å². The maximum Gasteiger partial charge on any atom is 0.220 e. The van der Waals surface area contributed by atoms with Crippen molar-refractivity contribution in [3.63, 3.8) is 0 Å². The molecule has 1 atom stereocenters. The molecule has 1 heterocycles. The van der Waals surface area contributed by atoms with Crippen molar-refractivity contribution >= 4 is 16.8 Å². The molecule has 3 rings (SSSR count). The number of rotatable bonds is 9. The quantitative estimate of drug-likeness (QED) is 0.480. The highest BCUT2D eigenvalue weighted by Crippen LogP contribution is 2.35. The van der Waals surface area contributed by atoms with Crippen LogP contribution in [0.15, 0.2) is 54.7 Å². The molecule has 4 heteroatoms. The molecule has 0 spiro atoms. The molecule has 0 fully saturated rings. The number of para-hydroxylation sites is 1. The van der Waals surface area contributed by atoms with Crippen molar-refractivity contribution in [3.05, 3.63) is 71.7 Å². The third-order valence-electron chi connectivity index (χ3n) is 5.28. The molecule has 0 aliphatic carbocycles. The summed E-state index contributed by atoms with van der Waals surface area (Å²) < 4.78 is 16.1. The van der Waals surface area contributed by atoms with Crippen LogP contribution in [0.2, 0.25) is 0 Å². The molecule has 1 aromatic heterocycles. The zero-order valence-electron chi connectivity index (χ0n) is 16.7. The van der Waals surface area contributed by atoms with E-state index < -0.39 is 0 Å². The molecule has 0 aliphatic heterocycles. The molecule has 0 bridgehead atoms. The van der Waals surface area contributed by atoms with Gasteiger partial charge in [-0.25, -0.2) is 4.39 Å². The Kier molecular flexibility index (Phi) is 6.85. The second-order valence-corrected chi connectivity index (χ2v) is 7.26. The number of fused-ring (bicyclic) bond motifs is 1. The van der Waals surface area contributed by atoms with Gasteiger partial charge in [-0.3, -0.25) is 4.79 Å². The van der Waals surface area contributed by atoms with Crippen LogP contribution in [0.1, 0.15) is 56.6 Å². The van der Waals surface area contributed by atoms with Crippen molar-refractivity contribution in [1.82, 2.24) is 9.88 Å². The molecule has 3 aromatic rings. The first kappa shape index (κ1) is 20.1. The summed E-state index contributed by atoms with van der Waals surface area (Å²) in [4.78, 5) is 12.6. The van der Waals surface area contributed by atoms with E-state index in [4.69, 9.17) is 0 Å². The predicted octanol–water partition coefficient (Wildman–Crippen LogP) is 5.63. The molecule has 3 nitrogen and oxygen atoms in total. The Morgan fingerprint density at radius 2 is 1.93 bits per heavy atom. The monoisotopic (exact) mass is 380 g/mol. The third kappa shape index (κ3) is 4.61. The molecule has 2 aromatic carbocycles. The smallest absolute Gasteiger partial charge is 0.220 e. The Balaban J connectivity index is 1.94. The fourth-order valence-corrected chi connectivity index (χ4v) is 3.81. The fraction of sp³-hybridized carbons (Fsp3) is 0.375. The van der Waals surface area contributed by atoms with Gasteiger partial charge in [0, 0.05) is 42.5 Å². The largest absolute Gasteiger partial charge is 0.356 e. The molecule has 0 saturated heterocycles. The van der Waals surface area contributed by atoms with E-state index in [1.54, 1.807) is 12.1 Å². The molecule has 0 radical (unpaired) electrons. The van der Waals surface area contributed by atoms with Gasteiger partial charge in [-0.1, -0.05) is 50.1 Å². The average Bonchev–Trinajstić information content (AvgIpc) is 3.08. The van der Waals surface area contributed by atoms with E-state index >= 15 is 0 Å². The molecular formula is C24H29FN2O. The molecule has 0 unspecified atom stereocenters. The number of unbranched alkanes of at least 4 members (excludes halogenated alkanes) is 2. The number of hydrogen-bond acceptors (Lipinski definition) is 1. The summed E-state index contributed by atoms with van der Waals surface area (Å²) in [6.45, 7) is 5.79. The zero-order chi connectivity index (χ0) is 19.9. The van der Waals surface area contributed by atoms with Gasteiger partial charge in [-0.2, -0.15) is 0 Å². The highest BCUT2D eigenvalue weighted by atomic mass is 19.1. The molecular weight excluding hydrogens is 351 g/mol. The summed E-state index contributed by atoms with van der Waals surface area (Å²) in [6, 6.07) is 14.8. The number of benzene rings is 2. The number of aromatic nitrogens is 1. The maximum atomic E-state index is 13.9. The van der Waals surface area contributed by atoms with Gasteiger partial charge in [0.05, 0.1) is 0 Å². The lowest BCUT2D eigenvalue weighted by molar-refractivity contribution is -0.121. The number of amides is 1. The summed E-state index contributed by atoms with van der Waals surface area (Å²) in [5.74, 6) is -0.441. The van der Waals surface area contributed by atoms with E-state index in [0.717, 1.165) is 47.8 Å². The minimum Gasteiger partial charge on any atom is -0.356 e. The van der Waals surface area contributed by atoms with Crippen molar-refractivity contribution in [2.45, 2.75) is 52.0 Å². The van der Waals surface area contributed by atoms with Crippen LogP contribution in [0.25, 0.3) is 10.9 Å². The first-order chi connectivity index (χ1) is 13.6. The normalized spacial score (nSPS) is 12.2. The Hall–Kier alpha value is -2.62. The molecule has 0 aliphatic rings. The lowest BCUT2D eigenvalue weighted by Crippen LogP contribution is -2.26. The van der Waals surface area contributed by atoms with Crippen molar-refractivity contribution in [1.29, 1.82) is 0 Å². The highest BCUT2D eigenvalue weighted by Gasteiger charge is 2.22. The Labute approximate surface area is 166 Å². The number of carbonyl (C=O) groups excluding carboxylic acids is 1. The predicted molar refractivity (Wildman–Crippen MR) is 113 cm³/mol. The summed E-state index contributed by atoms with van der Waals surface area (Å²) in [5.41, 5.74) is 3.05. The van der Waals surface area contributed by atoms with Crippen LogP contribution in [0, 0.1) is 5.82 Å². The van der Waals surface area contributed by atoms with Crippen molar-refractivity contribution < 1.29 is 9.18 Å². The van der Waals surface area contributed by atoms with Gasteiger partial charge >= 0.3 is 0 Å². The average molecular weight is 381 g/mol. The van der Waals surface area contributed by atoms with Crippen LogP contribution in [-0.2, 0) is 11.3 Å². The Morgan fingerprint density at radius 1 is 1.11 bits per heavy atom. The molecule has 28 heavy (non-hydrogen) atoms. The van der Waals surface area contributed by atoms with Crippen molar-refractivity contribution in [2.24, 2.45) is 0 Å². The lowest BCUT2D eigenvalue weighted by Gasteiger charge is -2.17. The first-order valence-electron chi connectivity index (χ1n) is 10.2. The molecule has 1 N–H and O–H groups in total. The summed E-state index contributed by atoms with van der Waals surface area (Å²) in [5, 5.41) is 4.15. The summed E-state index contributed by atoms with van der Waals surface area (Å²) in [7, 11) is 0. The number of aryl methyl sites for hydroxylation is 1. The Bertz CT molecular complexity index is 931. The van der Waals surface area contributed by atoms with Gasteiger partial charge in [-0.15, -0.1) is 0 Å². The fourth-order valence-electron chi connectivity index (χ4n) is 3.81. The van der Waals surface area contributed by atoms with Gasteiger partial charge < -0.3 is 9.88 Å². The van der Waals surface area contributed by atoms with E-state index in [2.05, 4.69) is 42.1 Å². The number of halogens is 1. The first-order valence-corrected chi connectivity index (χ1v) is 10.2. The third-order valence-corrected chi connectivity index (χ3v) is 5.28. The van der Waals surface area contributed by atoms with E-state index in [1.807, 2.05) is 18.2 Å². The van der Waals surface area contributed by atoms with Gasteiger partial charge in [-0.05, 0) is 42.7 Å². The maximum absolute atomic E-state index is 13.9. The highest BCUT2D eigenvalue weighted by molar-refractivity contribution is 5.86. The van der Waals surface area contributed by atoms with Gasteiger partial charge in [0.25, 0.3) is 0 Å². The standard InChI is InChI=1S/C24H29FN2O/c1-3-5-8-14-26-24(28)16-21(18-10-9-11-19(25)15-18)22-17-27(4-2)23-13-7-6-12-20(22)23/h6-7,9-13,15,17,21H,3-5,8,14,16H2,1-2H3,(H,26,28)/t21-/m0/s1. The minimum absolute atomic E-state index is 0.0127. The molecule has 148 valence electrons. The number of nitrogens with one attached hydrogen (secondary N) is 1. The van der Waals surface area contributed by atoms with E-state index in [-0.39, 0.29) is 17.6 Å². The van der Waals surface area contributed by atoms with Crippen LogP contribution in [-0.4, -0.2) is 17.0 Å². The van der Waals surface area contributed by atoms with Crippen LogP contribution in [0.3, 0.4) is 0 Å². The van der Waals surface area contributed by atoms with Crippen LogP contribution in [0.5, 0.6) is 0 Å². The van der Waals surface area contributed by atoms with Crippen molar-refractivity contribution in [2.75, 3.05) is 6.54 Å². The number of carbonyl (C=O) groups is 1. The number of nitrogens with zero attached hydrogens (tertiary/aromatic N) is 1. The minimum atomic E-state index is -0.273. The lowest BCUT2D eigenvalue weighted by atomic mass is 9.88. The summed E-state index contributed by atoms with van der Waals surface area (Å²) in [6.07, 6.45) is 5.65. The van der Waals surface area contributed by atoms with Gasteiger partial charge in [0.2, 0.25) is 5.91 Å².